The van der Waals surface area contributed by atoms with E-state index in [1.54, 1.807) is 0 Å². The topological polar surface area (TPSA) is 20.2 Å². The summed E-state index contributed by atoms with van der Waals surface area (Å²) in [4.78, 5) is 0. The van der Waals surface area contributed by atoms with E-state index in [1.807, 2.05) is 0 Å². The van der Waals surface area contributed by atoms with Crippen molar-refractivity contribution in [3.8, 4) is 0 Å². The monoisotopic (exact) mass is 182 g/mol. The smallest absolute Gasteiger partial charge is 0.0678 e. The highest BCUT2D eigenvalue weighted by molar-refractivity contribution is 4.99. The molecule has 2 unspecified atom stereocenters. The van der Waals surface area contributed by atoms with Crippen molar-refractivity contribution in [2.75, 3.05) is 0 Å². The Balaban J connectivity index is 1.96. The van der Waals surface area contributed by atoms with E-state index in [2.05, 4.69) is 13.8 Å². The van der Waals surface area contributed by atoms with Gasteiger partial charge in [0.15, 0.2) is 0 Å². The van der Waals surface area contributed by atoms with Gasteiger partial charge in [0.25, 0.3) is 0 Å². The third kappa shape index (κ3) is 1.63. The molecular weight excluding hydrogens is 160 g/mol. The summed E-state index contributed by atoms with van der Waals surface area (Å²) in [5, 5.41) is 10.3. The van der Waals surface area contributed by atoms with E-state index in [1.165, 1.54) is 32.1 Å². The molecule has 0 saturated heterocycles. The summed E-state index contributed by atoms with van der Waals surface area (Å²) in [6, 6.07) is 0. The molecule has 1 nitrogen and oxygen atoms in total. The predicted octanol–water partition coefficient (Wildman–Crippen LogP) is 3.12. The van der Waals surface area contributed by atoms with E-state index in [0.717, 1.165) is 12.8 Å². The van der Waals surface area contributed by atoms with Gasteiger partial charge in [0.1, 0.15) is 0 Å². The fraction of sp³-hybridized carbons (Fsp3) is 1.00. The van der Waals surface area contributed by atoms with Crippen molar-refractivity contribution >= 4 is 0 Å². The molecule has 0 radical (unpaired) electrons. The van der Waals surface area contributed by atoms with Crippen LogP contribution in [0.4, 0.5) is 0 Å². The minimum Gasteiger partial charge on any atom is -0.390 e. The maximum Gasteiger partial charge on any atom is 0.0678 e. The van der Waals surface area contributed by atoms with E-state index < -0.39 is 0 Å². The highest BCUT2D eigenvalue weighted by Gasteiger charge is 2.47. The molecule has 13 heavy (non-hydrogen) atoms. The molecule has 1 heteroatoms. The lowest BCUT2D eigenvalue weighted by atomic mass is 9.63. The minimum absolute atomic E-state index is 0.293. The molecule has 0 heterocycles. The Kier molecular flexibility index (Phi) is 2.18. The zero-order valence-electron chi connectivity index (χ0n) is 8.97. The van der Waals surface area contributed by atoms with Crippen molar-refractivity contribution in [3.05, 3.63) is 0 Å². The molecule has 1 N–H and O–H groups in total. The summed E-state index contributed by atoms with van der Waals surface area (Å²) in [6.45, 7) is 4.56. The van der Waals surface area contributed by atoms with E-state index in [4.69, 9.17) is 0 Å². The van der Waals surface area contributed by atoms with Gasteiger partial charge >= 0.3 is 0 Å². The molecule has 0 aliphatic heterocycles. The summed E-state index contributed by atoms with van der Waals surface area (Å²) in [6.07, 6.45) is 8.75. The van der Waals surface area contributed by atoms with Crippen LogP contribution in [0.15, 0.2) is 0 Å². The minimum atomic E-state index is -0.293. The molecule has 2 aliphatic carbocycles. The van der Waals surface area contributed by atoms with Gasteiger partial charge in [-0.25, -0.2) is 0 Å². The van der Waals surface area contributed by atoms with Gasteiger partial charge in [-0.15, -0.1) is 0 Å². The molecule has 2 saturated carbocycles. The van der Waals surface area contributed by atoms with Crippen LogP contribution in [-0.4, -0.2) is 10.7 Å². The number of aliphatic hydroxyl groups is 1. The average Bonchev–Trinajstić information content (AvgIpc) is 2.49. The lowest BCUT2D eigenvalue weighted by molar-refractivity contribution is -0.114. The lowest BCUT2D eigenvalue weighted by Crippen LogP contribution is -2.48. The molecule has 0 amide bonds. The maximum atomic E-state index is 10.3. The van der Waals surface area contributed by atoms with Gasteiger partial charge in [-0.2, -0.15) is 0 Å². The van der Waals surface area contributed by atoms with Crippen molar-refractivity contribution < 1.29 is 5.11 Å². The maximum absolute atomic E-state index is 10.3. The normalized spacial score (nSPS) is 43.2. The fourth-order valence-corrected chi connectivity index (χ4v) is 3.17. The average molecular weight is 182 g/mol. The first kappa shape index (κ1) is 9.51. The Morgan fingerprint density at radius 2 is 1.85 bits per heavy atom. The second kappa shape index (κ2) is 2.98. The highest BCUT2D eigenvalue weighted by Crippen LogP contribution is 2.51. The molecule has 0 aromatic carbocycles. The van der Waals surface area contributed by atoms with Crippen LogP contribution in [0, 0.1) is 11.3 Å². The van der Waals surface area contributed by atoms with Crippen molar-refractivity contribution in [1.29, 1.82) is 0 Å². The summed E-state index contributed by atoms with van der Waals surface area (Å²) in [5.41, 5.74) is 0.169. The standard InChI is InChI=1S/C12H22O/c1-10-5-8-12(10,13)9-11(2)6-3-4-7-11/h10,13H,3-9H2,1-2H3. The first-order valence-corrected chi connectivity index (χ1v) is 5.77. The molecular formula is C12H22O. The van der Waals surface area contributed by atoms with Gasteiger partial charge in [-0.3, -0.25) is 0 Å². The zero-order chi connectivity index (χ0) is 9.53. The summed E-state index contributed by atoms with van der Waals surface area (Å²) < 4.78 is 0. The molecule has 2 fully saturated rings. The van der Waals surface area contributed by atoms with Gasteiger partial charge in [0.05, 0.1) is 5.60 Å². The predicted molar refractivity (Wildman–Crippen MR) is 54.5 cm³/mol. The van der Waals surface area contributed by atoms with Crippen molar-refractivity contribution in [3.63, 3.8) is 0 Å². The SMILES string of the molecule is CC1CCC1(O)CC1(C)CCCC1. The third-order valence-electron chi connectivity index (χ3n) is 4.47. The zero-order valence-corrected chi connectivity index (χ0v) is 8.97. The van der Waals surface area contributed by atoms with Gasteiger partial charge in [-0.05, 0) is 43.4 Å². The quantitative estimate of drug-likeness (QED) is 0.695. The van der Waals surface area contributed by atoms with Crippen LogP contribution >= 0.6 is 0 Å². The number of hydrogen-bond acceptors (Lipinski definition) is 1. The van der Waals surface area contributed by atoms with Crippen LogP contribution in [0.5, 0.6) is 0 Å². The van der Waals surface area contributed by atoms with Crippen LogP contribution in [-0.2, 0) is 0 Å². The molecule has 2 rings (SSSR count). The largest absolute Gasteiger partial charge is 0.390 e. The van der Waals surface area contributed by atoms with Crippen molar-refractivity contribution in [1.82, 2.24) is 0 Å². The van der Waals surface area contributed by atoms with E-state index >= 15 is 0 Å². The van der Waals surface area contributed by atoms with Crippen LogP contribution in [0.3, 0.4) is 0 Å². The van der Waals surface area contributed by atoms with Crippen LogP contribution in [0.2, 0.25) is 0 Å². The molecule has 0 aromatic rings. The Morgan fingerprint density at radius 3 is 2.23 bits per heavy atom. The molecule has 76 valence electrons. The number of hydrogen-bond donors (Lipinski definition) is 1. The van der Waals surface area contributed by atoms with Crippen molar-refractivity contribution in [2.45, 2.75) is 64.4 Å². The second-order valence-corrected chi connectivity index (χ2v) is 5.74. The van der Waals surface area contributed by atoms with Crippen LogP contribution in [0.1, 0.15) is 58.8 Å². The Labute approximate surface area is 81.5 Å². The highest BCUT2D eigenvalue weighted by atomic mass is 16.3. The van der Waals surface area contributed by atoms with Gasteiger partial charge in [0, 0.05) is 0 Å². The molecule has 0 bridgehead atoms. The van der Waals surface area contributed by atoms with Crippen molar-refractivity contribution in [2.24, 2.45) is 11.3 Å². The van der Waals surface area contributed by atoms with E-state index in [-0.39, 0.29) is 5.60 Å². The molecule has 0 aromatic heterocycles. The number of rotatable bonds is 2. The van der Waals surface area contributed by atoms with Gasteiger partial charge in [0.2, 0.25) is 0 Å². The first-order chi connectivity index (χ1) is 6.04. The summed E-state index contributed by atoms with van der Waals surface area (Å²) in [7, 11) is 0. The lowest BCUT2D eigenvalue weighted by Gasteiger charge is -2.48. The van der Waals surface area contributed by atoms with Gasteiger partial charge < -0.3 is 5.11 Å². The van der Waals surface area contributed by atoms with E-state index in [0.29, 0.717) is 11.3 Å². The molecule has 2 atom stereocenters. The molecule has 0 spiro atoms. The summed E-state index contributed by atoms with van der Waals surface area (Å²) in [5.74, 6) is 0.546. The van der Waals surface area contributed by atoms with Crippen LogP contribution in [0.25, 0.3) is 0 Å². The Morgan fingerprint density at radius 1 is 1.23 bits per heavy atom. The van der Waals surface area contributed by atoms with E-state index in [9.17, 15) is 5.11 Å². The Bertz CT molecular complexity index is 191. The summed E-state index contributed by atoms with van der Waals surface area (Å²) >= 11 is 0. The molecule has 2 aliphatic rings. The fourth-order valence-electron chi connectivity index (χ4n) is 3.17. The second-order valence-electron chi connectivity index (χ2n) is 5.74. The first-order valence-electron chi connectivity index (χ1n) is 5.77. The van der Waals surface area contributed by atoms with Crippen LogP contribution < -0.4 is 0 Å². The third-order valence-corrected chi connectivity index (χ3v) is 4.47. The Hall–Kier alpha value is -0.0400. The van der Waals surface area contributed by atoms with Gasteiger partial charge in [-0.1, -0.05) is 26.7 Å².